The molecule has 7 rings (SSSR count). The third-order valence-corrected chi connectivity index (χ3v) is 12.3. The van der Waals surface area contributed by atoms with Crippen molar-refractivity contribution in [1.82, 2.24) is 4.90 Å². The van der Waals surface area contributed by atoms with Crippen LogP contribution in [0.5, 0.6) is 17.2 Å². The number of Topliss-reactive ketones (excluding diaryl/α,β-unsaturated/α-hetero) is 1. The number of aliphatic imine (C=N–C) groups is 1. The first kappa shape index (κ1) is 39.7. The van der Waals surface area contributed by atoms with E-state index >= 15 is 0 Å². The Balaban J connectivity index is 1.19. The van der Waals surface area contributed by atoms with E-state index in [9.17, 15) is 44.7 Å². The maximum absolute atomic E-state index is 14.0. The normalized spacial score (nSPS) is 30.6. The molecule has 15 nitrogen and oxygen atoms in total. The predicted octanol–water partition coefficient (Wildman–Crippen LogP) is 2.38. The Hall–Kier alpha value is -4.51. The van der Waals surface area contributed by atoms with Gasteiger partial charge in [-0.15, -0.1) is 0 Å². The monoisotopic (exact) mass is 775 g/mol. The number of phenolic OH excluding ortho intramolecular Hbond substituents is 2. The maximum atomic E-state index is 14.0. The van der Waals surface area contributed by atoms with Crippen molar-refractivity contribution in [3.8, 4) is 17.2 Å². The number of aliphatic hydroxyl groups excluding tert-OH is 2. The molecule has 0 radical (unpaired) electrons. The first-order valence-electron chi connectivity index (χ1n) is 19.2. The molecule has 3 aliphatic carbocycles. The van der Waals surface area contributed by atoms with Gasteiger partial charge in [0, 0.05) is 66.6 Å². The summed E-state index contributed by atoms with van der Waals surface area (Å²) in [5, 5.41) is 57.1. The van der Waals surface area contributed by atoms with Crippen molar-refractivity contribution >= 4 is 29.0 Å². The number of carbonyl (C=O) groups is 4. The standard InChI is InChI=1S/C41H49N3O12/c1-19-7-12-30(47)44(19)17-21-8-10-22(11-9-21)26(46)16-43-29(18-45)41(53)14-24-33(28(15-41)56-31-13-25(42)36(48)20(2)55-31)40(52)35-34(38(24)50)37(49)23-5-4-6-27(54-3)32(23)39(35)51/h4-6,20-22,25,28,31,36,45,48,50,52-53H,1,7-18,42H2,2-3H3/t20?,21?,22?,25-,28+,31+,36-,41+/m1/s1. The molecular weight excluding hydrogens is 726 g/mol. The fourth-order valence-electron chi connectivity index (χ4n) is 9.11. The minimum atomic E-state index is -2.07. The minimum Gasteiger partial charge on any atom is -0.507 e. The number of ketones is 3. The number of fused-ring (bicyclic) bond motifs is 3. The molecule has 0 bridgehead atoms. The number of phenols is 2. The third kappa shape index (κ3) is 6.94. The van der Waals surface area contributed by atoms with Crippen molar-refractivity contribution in [1.29, 1.82) is 0 Å². The molecule has 2 aromatic rings. The van der Waals surface area contributed by atoms with Crippen LogP contribution in [0.4, 0.5) is 0 Å². The van der Waals surface area contributed by atoms with Crippen LogP contribution in [-0.2, 0) is 25.5 Å². The summed E-state index contributed by atoms with van der Waals surface area (Å²) in [5.41, 5.74) is 3.50. The summed E-state index contributed by atoms with van der Waals surface area (Å²) in [6, 6.07) is 3.67. The number of allylic oxidation sites excluding steroid dienone is 1. The van der Waals surface area contributed by atoms with E-state index in [0.717, 1.165) is 18.5 Å². The Kier molecular flexibility index (Phi) is 11.0. The molecule has 1 saturated carbocycles. The van der Waals surface area contributed by atoms with E-state index in [0.29, 0.717) is 32.2 Å². The second kappa shape index (κ2) is 15.4. The predicted molar refractivity (Wildman–Crippen MR) is 200 cm³/mol. The van der Waals surface area contributed by atoms with E-state index in [1.165, 1.54) is 25.3 Å². The number of carbonyl (C=O) groups excluding carboxylic acids is 4. The van der Waals surface area contributed by atoms with Crippen molar-refractivity contribution in [3.05, 3.63) is 63.9 Å². The van der Waals surface area contributed by atoms with E-state index in [-0.39, 0.29) is 76.6 Å². The van der Waals surface area contributed by atoms with Crippen molar-refractivity contribution in [2.75, 3.05) is 26.8 Å². The maximum Gasteiger partial charge on any atom is 0.227 e. The fourth-order valence-corrected chi connectivity index (χ4v) is 9.11. The number of hydrogen-bond acceptors (Lipinski definition) is 14. The van der Waals surface area contributed by atoms with E-state index in [4.69, 9.17) is 19.9 Å². The molecule has 2 heterocycles. The highest BCUT2D eigenvalue weighted by Crippen LogP contribution is 2.52. The Morgan fingerprint density at radius 1 is 1.07 bits per heavy atom. The number of nitrogens with two attached hydrogens (primary N) is 1. The zero-order chi connectivity index (χ0) is 40.2. The summed E-state index contributed by atoms with van der Waals surface area (Å²) in [4.78, 5) is 59.9. The molecule has 2 aromatic carbocycles. The van der Waals surface area contributed by atoms with Gasteiger partial charge in [-0.3, -0.25) is 24.2 Å². The molecule has 2 saturated heterocycles. The summed E-state index contributed by atoms with van der Waals surface area (Å²) in [5.74, 6) is -2.89. The summed E-state index contributed by atoms with van der Waals surface area (Å²) < 4.78 is 17.6. The highest BCUT2D eigenvalue weighted by Gasteiger charge is 2.49. The summed E-state index contributed by atoms with van der Waals surface area (Å²) >= 11 is 0. The van der Waals surface area contributed by atoms with Crippen LogP contribution in [0.2, 0.25) is 0 Å². The second-order valence-electron chi connectivity index (χ2n) is 15.8. The Morgan fingerprint density at radius 3 is 2.43 bits per heavy atom. The van der Waals surface area contributed by atoms with Crippen molar-refractivity contribution in [2.45, 2.75) is 101 Å². The summed E-state index contributed by atoms with van der Waals surface area (Å²) in [6.07, 6.45) is -1.15. The molecule has 6 atom stereocenters. The van der Waals surface area contributed by atoms with E-state index in [1.807, 2.05) is 0 Å². The van der Waals surface area contributed by atoms with Gasteiger partial charge in [-0.1, -0.05) is 18.7 Å². The van der Waals surface area contributed by atoms with Crippen LogP contribution in [0, 0.1) is 11.8 Å². The summed E-state index contributed by atoms with van der Waals surface area (Å²) in [7, 11) is 1.33. The molecule has 7 N–H and O–H groups in total. The largest absolute Gasteiger partial charge is 0.507 e. The van der Waals surface area contributed by atoms with Gasteiger partial charge in [0.15, 0.2) is 17.9 Å². The molecule has 0 aromatic heterocycles. The SMILES string of the molecule is C=C1CCC(=O)N1CC1CCC(C(=O)CN=C(CO)[C@]2(O)Cc3c(O)c4c(c(O)c3[C@@H](O[C@H]3C[C@@H](N)[C@H](O)C(C)O3)C2)C(=O)c2c(OC)cccc2C4=O)CC1. The molecule has 5 aliphatic rings. The number of ether oxygens (including phenoxy) is 3. The van der Waals surface area contributed by atoms with Crippen molar-refractivity contribution < 1.29 is 58.9 Å². The van der Waals surface area contributed by atoms with Gasteiger partial charge in [-0.2, -0.15) is 0 Å². The molecule has 3 fully saturated rings. The van der Waals surface area contributed by atoms with Crippen LogP contribution in [-0.4, -0.2) is 116 Å². The van der Waals surface area contributed by atoms with Gasteiger partial charge in [-0.25, -0.2) is 0 Å². The second-order valence-corrected chi connectivity index (χ2v) is 15.8. The van der Waals surface area contributed by atoms with Crippen LogP contribution in [0.25, 0.3) is 0 Å². The third-order valence-electron chi connectivity index (χ3n) is 12.3. The first-order chi connectivity index (χ1) is 26.7. The fraction of sp³-hybridized carbons (Fsp3) is 0.537. The molecular formula is C41H49N3O12. The van der Waals surface area contributed by atoms with Gasteiger partial charge in [0.25, 0.3) is 0 Å². The van der Waals surface area contributed by atoms with Crippen LogP contribution in [0.1, 0.15) is 107 Å². The van der Waals surface area contributed by atoms with E-state index in [1.54, 1.807) is 11.8 Å². The first-order valence-corrected chi connectivity index (χ1v) is 19.2. The number of aliphatic hydroxyl groups is 3. The number of nitrogens with zero attached hydrogens (tertiary/aromatic N) is 2. The number of benzene rings is 2. The summed E-state index contributed by atoms with van der Waals surface area (Å²) in [6.45, 7) is 5.08. The van der Waals surface area contributed by atoms with Crippen molar-refractivity contribution in [3.63, 3.8) is 0 Å². The van der Waals surface area contributed by atoms with E-state index < -0.39 is 83.5 Å². The number of rotatable bonds is 10. The highest BCUT2D eigenvalue weighted by molar-refractivity contribution is 6.31. The average Bonchev–Trinajstić information content (AvgIpc) is 3.49. The Morgan fingerprint density at radius 2 is 1.79 bits per heavy atom. The quantitative estimate of drug-likeness (QED) is 0.128. The molecule has 1 unspecified atom stereocenters. The zero-order valence-corrected chi connectivity index (χ0v) is 31.5. The topological polar surface area (TPSA) is 239 Å². The van der Waals surface area contributed by atoms with E-state index in [2.05, 4.69) is 11.6 Å². The number of likely N-dealkylation sites (tertiary alicyclic amines) is 1. The minimum absolute atomic E-state index is 0.0101. The average molecular weight is 776 g/mol. The highest BCUT2D eigenvalue weighted by atomic mass is 16.7. The van der Waals surface area contributed by atoms with Gasteiger partial charge < -0.3 is 50.4 Å². The molecule has 1 amide bonds. The van der Waals surface area contributed by atoms with Crippen LogP contribution in [0.3, 0.4) is 0 Å². The molecule has 300 valence electrons. The molecule has 2 aliphatic heterocycles. The zero-order valence-electron chi connectivity index (χ0n) is 31.5. The number of aromatic hydroxyl groups is 2. The lowest BCUT2D eigenvalue weighted by atomic mass is 9.71. The lowest BCUT2D eigenvalue weighted by molar-refractivity contribution is -0.245. The lowest BCUT2D eigenvalue weighted by Crippen LogP contribution is -2.53. The van der Waals surface area contributed by atoms with Crippen LogP contribution < -0.4 is 10.5 Å². The smallest absolute Gasteiger partial charge is 0.227 e. The van der Waals surface area contributed by atoms with Gasteiger partial charge in [-0.05, 0) is 51.0 Å². The van der Waals surface area contributed by atoms with Crippen LogP contribution >= 0.6 is 0 Å². The lowest BCUT2D eigenvalue weighted by Gasteiger charge is -2.43. The Bertz CT molecular complexity index is 1980. The van der Waals surface area contributed by atoms with Gasteiger partial charge in [0.05, 0.1) is 61.0 Å². The Labute approximate surface area is 323 Å². The van der Waals surface area contributed by atoms with Crippen molar-refractivity contribution in [2.24, 2.45) is 22.6 Å². The molecule has 56 heavy (non-hydrogen) atoms. The number of amides is 1. The van der Waals surface area contributed by atoms with Crippen LogP contribution in [0.15, 0.2) is 35.5 Å². The number of hydrogen-bond donors (Lipinski definition) is 6. The molecule has 0 spiro atoms. The van der Waals surface area contributed by atoms with Gasteiger partial charge >= 0.3 is 0 Å². The molecule has 15 heteroatoms. The van der Waals surface area contributed by atoms with Gasteiger partial charge in [0.2, 0.25) is 11.7 Å². The number of methoxy groups -OCH3 is 1. The van der Waals surface area contributed by atoms with Gasteiger partial charge in [0.1, 0.15) is 22.8 Å².